The number of hydrogen-bond acceptors (Lipinski definition) is 4. The number of rotatable bonds is 5. The van der Waals surface area contributed by atoms with E-state index in [0.717, 1.165) is 38.5 Å². The highest BCUT2D eigenvalue weighted by molar-refractivity contribution is 5.37. The van der Waals surface area contributed by atoms with E-state index in [1.165, 1.54) is 24.1 Å². The summed E-state index contributed by atoms with van der Waals surface area (Å²) in [5.74, 6) is 0.986. The van der Waals surface area contributed by atoms with E-state index in [-0.39, 0.29) is 0 Å². The molecule has 0 unspecified atom stereocenters. The quantitative estimate of drug-likeness (QED) is 0.837. The predicted octanol–water partition coefficient (Wildman–Crippen LogP) is 1.21. The van der Waals surface area contributed by atoms with Gasteiger partial charge in [0, 0.05) is 31.7 Å². The Bertz CT molecular complexity index is 387. The van der Waals surface area contributed by atoms with Crippen molar-refractivity contribution in [3.63, 3.8) is 0 Å². The topological polar surface area (TPSA) is 36.5 Å². The van der Waals surface area contributed by atoms with Crippen LogP contribution in [0.4, 0.5) is 0 Å². The first kappa shape index (κ1) is 14.3. The van der Waals surface area contributed by atoms with Crippen molar-refractivity contribution in [2.75, 3.05) is 40.3 Å². The van der Waals surface area contributed by atoms with Gasteiger partial charge in [-0.2, -0.15) is 0 Å². The Morgan fingerprint density at radius 3 is 3.00 bits per heavy atom. The van der Waals surface area contributed by atoms with E-state index < -0.39 is 0 Å². The van der Waals surface area contributed by atoms with Gasteiger partial charge in [0.2, 0.25) is 0 Å². The molecule has 1 aromatic carbocycles. The zero-order valence-electron chi connectivity index (χ0n) is 12.0. The molecule has 106 valence electrons. The molecule has 0 radical (unpaired) electrons. The molecule has 0 amide bonds. The molecule has 2 rings (SSSR count). The summed E-state index contributed by atoms with van der Waals surface area (Å²) >= 11 is 0. The SMILES string of the molecule is CNCc1ccc(CN2CCCNCC2)cc1OC. The lowest BCUT2D eigenvalue weighted by Gasteiger charge is -2.20. The Hall–Kier alpha value is -1.10. The van der Waals surface area contributed by atoms with Crippen LogP contribution in [0.5, 0.6) is 5.75 Å². The minimum absolute atomic E-state index is 0.844. The number of benzene rings is 1. The first-order valence-corrected chi connectivity index (χ1v) is 7.07. The zero-order chi connectivity index (χ0) is 13.5. The van der Waals surface area contributed by atoms with E-state index in [0.29, 0.717) is 0 Å². The Balaban J connectivity index is 2.03. The van der Waals surface area contributed by atoms with E-state index in [1.807, 2.05) is 7.05 Å². The maximum Gasteiger partial charge on any atom is 0.123 e. The highest BCUT2D eigenvalue weighted by Gasteiger charge is 2.10. The van der Waals surface area contributed by atoms with Gasteiger partial charge in [-0.1, -0.05) is 12.1 Å². The minimum atomic E-state index is 0.844. The zero-order valence-corrected chi connectivity index (χ0v) is 12.0. The summed E-state index contributed by atoms with van der Waals surface area (Å²) in [6, 6.07) is 6.55. The van der Waals surface area contributed by atoms with Crippen LogP contribution >= 0.6 is 0 Å². The second kappa shape index (κ2) is 7.48. The van der Waals surface area contributed by atoms with Crippen LogP contribution in [0, 0.1) is 0 Å². The van der Waals surface area contributed by atoms with Crippen molar-refractivity contribution in [3.8, 4) is 5.75 Å². The summed E-state index contributed by atoms with van der Waals surface area (Å²) in [6.07, 6.45) is 1.23. The molecule has 2 N–H and O–H groups in total. The number of ether oxygens (including phenoxy) is 1. The second-order valence-corrected chi connectivity index (χ2v) is 5.06. The second-order valence-electron chi connectivity index (χ2n) is 5.06. The number of methoxy groups -OCH3 is 1. The van der Waals surface area contributed by atoms with Gasteiger partial charge in [-0.25, -0.2) is 0 Å². The van der Waals surface area contributed by atoms with Crippen LogP contribution in [-0.4, -0.2) is 45.2 Å². The highest BCUT2D eigenvalue weighted by Crippen LogP contribution is 2.21. The third-order valence-electron chi connectivity index (χ3n) is 3.56. The Morgan fingerprint density at radius 2 is 2.21 bits per heavy atom. The average Bonchev–Trinajstić information content (AvgIpc) is 2.69. The summed E-state index contributed by atoms with van der Waals surface area (Å²) < 4.78 is 5.48. The van der Waals surface area contributed by atoms with Crippen molar-refractivity contribution in [3.05, 3.63) is 29.3 Å². The molecule has 19 heavy (non-hydrogen) atoms. The summed E-state index contributed by atoms with van der Waals surface area (Å²) in [7, 11) is 3.70. The van der Waals surface area contributed by atoms with Crippen molar-refractivity contribution in [2.24, 2.45) is 0 Å². The van der Waals surface area contributed by atoms with Gasteiger partial charge in [0.25, 0.3) is 0 Å². The number of nitrogens with one attached hydrogen (secondary N) is 2. The van der Waals surface area contributed by atoms with E-state index in [2.05, 4.69) is 33.7 Å². The molecule has 0 saturated carbocycles. The van der Waals surface area contributed by atoms with E-state index >= 15 is 0 Å². The van der Waals surface area contributed by atoms with Crippen molar-refractivity contribution in [2.45, 2.75) is 19.5 Å². The van der Waals surface area contributed by atoms with Gasteiger partial charge in [-0.05, 0) is 38.2 Å². The van der Waals surface area contributed by atoms with Gasteiger partial charge < -0.3 is 15.4 Å². The van der Waals surface area contributed by atoms with Gasteiger partial charge in [-0.15, -0.1) is 0 Å². The summed E-state index contributed by atoms with van der Waals surface area (Å²) in [4.78, 5) is 2.51. The average molecular weight is 263 g/mol. The summed E-state index contributed by atoms with van der Waals surface area (Å²) in [6.45, 7) is 6.39. The maximum absolute atomic E-state index is 5.48. The third-order valence-corrected chi connectivity index (χ3v) is 3.56. The molecule has 0 bridgehead atoms. The largest absolute Gasteiger partial charge is 0.496 e. The smallest absolute Gasteiger partial charge is 0.123 e. The molecular formula is C15H25N3O. The van der Waals surface area contributed by atoms with Crippen molar-refractivity contribution in [1.29, 1.82) is 0 Å². The fourth-order valence-corrected chi connectivity index (χ4v) is 2.54. The lowest BCUT2D eigenvalue weighted by atomic mass is 10.1. The minimum Gasteiger partial charge on any atom is -0.496 e. The molecule has 4 nitrogen and oxygen atoms in total. The predicted molar refractivity (Wildman–Crippen MR) is 78.5 cm³/mol. The van der Waals surface area contributed by atoms with Gasteiger partial charge >= 0.3 is 0 Å². The lowest BCUT2D eigenvalue weighted by molar-refractivity contribution is 0.284. The van der Waals surface area contributed by atoms with E-state index in [1.54, 1.807) is 7.11 Å². The first-order valence-electron chi connectivity index (χ1n) is 7.07. The lowest BCUT2D eigenvalue weighted by Crippen LogP contribution is -2.27. The fourth-order valence-electron chi connectivity index (χ4n) is 2.54. The normalized spacial score (nSPS) is 17.2. The fraction of sp³-hybridized carbons (Fsp3) is 0.600. The number of hydrogen-bond donors (Lipinski definition) is 2. The van der Waals surface area contributed by atoms with E-state index in [9.17, 15) is 0 Å². The van der Waals surface area contributed by atoms with Crippen LogP contribution < -0.4 is 15.4 Å². The van der Waals surface area contributed by atoms with Crippen molar-refractivity contribution in [1.82, 2.24) is 15.5 Å². The molecule has 0 atom stereocenters. The van der Waals surface area contributed by atoms with Crippen LogP contribution in [0.2, 0.25) is 0 Å². The summed E-state index contributed by atoms with van der Waals surface area (Å²) in [5.41, 5.74) is 2.55. The third kappa shape index (κ3) is 4.20. The Morgan fingerprint density at radius 1 is 1.32 bits per heavy atom. The Labute approximate surface area is 116 Å². The van der Waals surface area contributed by atoms with Crippen molar-refractivity contribution < 1.29 is 4.74 Å². The standard InChI is InChI=1S/C15H25N3O/c1-16-11-14-5-4-13(10-15(14)19-2)12-18-8-3-6-17-7-9-18/h4-5,10,16-17H,3,6-9,11-12H2,1-2H3. The Kier molecular flexibility index (Phi) is 5.63. The molecule has 4 heteroatoms. The van der Waals surface area contributed by atoms with Crippen LogP contribution in [0.25, 0.3) is 0 Å². The molecule has 0 spiro atoms. The van der Waals surface area contributed by atoms with E-state index in [4.69, 9.17) is 4.74 Å². The molecule has 0 aromatic heterocycles. The van der Waals surface area contributed by atoms with Crippen LogP contribution in [0.1, 0.15) is 17.5 Å². The molecule has 1 aromatic rings. The monoisotopic (exact) mass is 263 g/mol. The maximum atomic E-state index is 5.48. The highest BCUT2D eigenvalue weighted by atomic mass is 16.5. The molecule has 0 aliphatic carbocycles. The summed E-state index contributed by atoms with van der Waals surface area (Å²) in [5, 5.41) is 6.61. The number of nitrogens with zero attached hydrogens (tertiary/aromatic N) is 1. The van der Waals surface area contributed by atoms with Gasteiger partial charge in [0.1, 0.15) is 5.75 Å². The van der Waals surface area contributed by atoms with Crippen LogP contribution in [-0.2, 0) is 13.1 Å². The molecule has 1 saturated heterocycles. The van der Waals surface area contributed by atoms with Gasteiger partial charge in [0.15, 0.2) is 0 Å². The van der Waals surface area contributed by atoms with Gasteiger partial charge in [-0.3, -0.25) is 4.90 Å². The van der Waals surface area contributed by atoms with Gasteiger partial charge in [0.05, 0.1) is 7.11 Å². The van der Waals surface area contributed by atoms with Crippen molar-refractivity contribution >= 4 is 0 Å². The molecule has 1 fully saturated rings. The molecule has 1 aliphatic rings. The molecular weight excluding hydrogens is 238 g/mol. The van der Waals surface area contributed by atoms with Crippen LogP contribution in [0.3, 0.4) is 0 Å². The molecule has 1 heterocycles. The molecule has 1 aliphatic heterocycles. The van der Waals surface area contributed by atoms with Crippen LogP contribution in [0.15, 0.2) is 18.2 Å². The first-order chi connectivity index (χ1) is 9.33.